The number of carbonyl (C=O) groups excluding carboxylic acids is 1. The highest BCUT2D eigenvalue weighted by atomic mass is 35.5. The van der Waals surface area contributed by atoms with Crippen molar-refractivity contribution in [3.63, 3.8) is 0 Å². The van der Waals surface area contributed by atoms with Crippen LogP contribution in [0.25, 0.3) is 0 Å². The second kappa shape index (κ2) is 10.3. The van der Waals surface area contributed by atoms with E-state index in [1.807, 2.05) is 32.9 Å². The molecule has 0 spiro atoms. The van der Waals surface area contributed by atoms with E-state index < -0.39 is 5.60 Å². The highest BCUT2D eigenvalue weighted by molar-refractivity contribution is 6.29. The first-order valence-corrected chi connectivity index (χ1v) is 13.2. The van der Waals surface area contributed by atoms with Crippen LogP contribution in [0, 0.1) is 0 Å². The fourth-order valence-corrected chi connectivity index (χ4v) is 5.07. The molecule has 2 N–H and O–H groups in total. The van der Waals surface area contributed by atoms with Gasteiger partial charge in [-0.1, -0.05) is 17.7 Å². The van der Waals surface area contributed by atoms with Crippen LogP contribution >= 0.6 is 11.6 Å². The standard InChI is InChI=1S/C26H35ClN8O2/c1-26(2,3)37-25(36)35-7-5-17(6-8-35)20-15-19-23(28-16-29-24(19)31-20)30-18-13-21(27)32-22(14-18)34-11-9-33(4)10-12-34/h5,13-14,16,20H,6-12,15H2,1-4H3,(H2,28,29,30,31,32). The Hall–Kier alpha value is -3.11. The molecule has 5 heterocycles. The van der Waals surface area contributed by atoms with Crippen molar-refractivity contribution in [3.05, 3.63) is 40.8 Å². The number of nitrogens with one attached hydrogen (secondary N) is 2. The number of pyridine rings is 1. The number of ether oxygens (including phenoxy) is 1. The normalized spacial score (nSPS) is 20.2. The van der Waals surface area contributed by atoms with Crippen molar-refractivity contribution in [1.82, 2.24) is 24.8 Å². The van der Waals surface area contributed by atoms with Gasteiger partial charge in [-0.3, -0.25) is 0 Å². The molecule has 3 aliphatic heterocycles. The first kappa shape index (κ1) is 25.5. The van der Waals surface area contributed by atoms with Crippen LogP contribution in [0.2, 0.25) is 5.15 Å². The highest BCUT2D eigenvalue weighted by Gasteiger charge is 2.31. The van der Waals surface area contributed by atoms with Gasteiger partial charge in [0.15, 0.2) is 0 Å². The van der Waals surface area contributed by atoms with Crippen molar-refractivity contribution in [2.75, 3.05) is 61.8 Å². The van der Waals surface area contributed by atoms with E-state index in [0.717, 1.165) is 67.7 Å². The quantitative estimate of drug-likeness (QED) is 0.453. The lowest BCUT2D eigenvalue weighted by molar-refractivity contribution is 0.0265. The molecule has 1 saturated heterocycles. The van der Waals surface area contributed by atoms with Gasteiger partial charge in [0.25, 0.3) is 0 Å². The van der Waals surface area contributed by atoms with E-state index in [9.17, 15) is 4.79 Å². The Morgan fingerprint density at radius 2 is 1.95 bits per heavy atom. The van der Waals surface area contributed by atoms with Crippen LogP contribution < -0.4 is 15.5 Å². The summed E-state index contributed by atoms with van der Waals surface area (Å²) in [6, 6.07) is 3.97. The summed E-state index contributed by atoms with van der Waals surface area (Å²) in [5.41, 5.74) is 2.66. The molecule has 2 aromatic rings. The minimum absolute atomic E-state index is 0.120. The molecule has 11 heteroatoms. The average Bonchev–Trinajstić information content (AvgIpc) is 3.29. The molecule has 10 nitrogen and oxygen atoms in total. The molecule has 198 valence electrons. The number of hydrogen-bond donors (Lipinski definition) is 2. The van der Waals surface area contributed by atoms with Crippen molar-refractivity contribution in [2.45, 2.75) is 45.3 Å². The summed E-state index contributed by atoms with van der Waals surface area (Å²) >= 11 is 6.40. The van der Waals surface area contributed by atoms with E-state index in [2.05, 4.69) is 48.5 Å². The lowest BCUT2D eigenvalue weighted by Crippen LogP contribution is -2.44. The number of amides is 1. The number of likely N-dealkylation sites (N-methyl/N-ethyl adjacent to an activating group) is 1. The van der Waals surface area contributed by atoms with Gasteiger partial charge in [-0.15, -0.1) is 0 Å². The van der Waals surface area contributed by atoms with Crippen LogP contribution in [0.4, 0.5) is 27.9 Å². The molecule has 5 rings (SSSR count). The van der Waals surface area contributed by atoms with Gasteiger partial charge in [-0.05, 0) is 45.9 Å². The average molecular weight is 527 g/mol. The fraction of sp³-hybridized carbons (Fsp3) is 0.538. The van der Waals surface area contributed by atoms with Crippen molar-refractivity contribution in [1.29, 1.82) is 0 Å². The molecule has 1 atom stereocenters. The van der Waals surface area contributed by atoms with Crippen LogP contribution in [0.15, 0.2) is 30.1 Å². The van der Waals surface area contributed by atoms with E-state index in [1.54, 1.807) is 11.2 Å². The number of halogens is 1. The van der Waals surface area contributed by atoms with Gasteiger partial charge in [0, 0.05) is 63.0 Å². The van der Waals surface area contributed by atoms with Crippen LogP contribution in [0.1, 0.15) is 32.8 Å². The van der Waals surface area contributed by atoms with Crippen molar-refractivity contribution in [3.8, 4) is 0 Å². The van der Waals surface area contributed by atoms with E-state index in [-0.39, 0.29) is 12.1 Å². The van der Waals surface area contributed by atoms with Gasteiger partial charge in [0.05, 0.1) is 6.04 Å². The summed E-state index contributed by atoms with van der Waals surface area (Å²) in [7, 11) is 2.13. The third-order valence-electron chi connectivity index (χ3n) is 6.88. The molecule has 0 aliphatic carbocycles. The van der Waals surface area contributed by atoms with Crippen LogP contribution in [0.5, 0.6) is 0 Å². The van der Waals surface area contributed by atoms with Crippen molar-refractivity contribution >= 4 is 40.8 Å². The Morgan fingerprint density at radius 1 is 1.16 bits per heavy atom. The number of carbonyl (C=O) groups is 1. The monoisotopic (exact) mass is 526 g/mol. The maximum atomic E-state index is 12.4. The molecule has 37 heavy (non-hydrogen) atoms. The zero-order chi connectivity index (χ0) is 26.2. The molecule has 0 bridgehead atoms. The van der Waals surface area contributed by atoms with Gasteiger partial charge in [-0.25, -0.2) is 19.7 Å². The zero-order valence-electron chi connectivity index (χ0n) is 21.9. The Labute approximate surface area is 223 Å². The van der Waals surface area contributed by atoms with Gasteiger partial charge in [0.1, 0.15) is 34.5 Å². The number of fused-ring (bicyclic) bond motifs is 1. The van der Waals surface area contributed by atoms with Crippen LogP contribution in [-0.4, -0.2) is 88.8 Å². The SMILES string of the molecule is CN1CCN(c2cc(Nc3ncnc4c3CC(C3=CCN(C(=O)OC(C)(C)C)CC3)N4)cc(Cl)n2)CC1. The maximum Gasteiger partial charge on any atom is 0.410 e. The van der Waals surface area contributed by atoms with E-state index >= 15 is 0 Å². The zero-order valence-corrected chi connectivity index (χ0v) is 22.7. The Morgan fingerprint density at radius 3 is 2.65 bits per heavy atom. The van der Waals surface area contributed by atoms with E-state index in [0.29, 0.717) is 18.2 Å². The lowest BCUT2D eigenvalue weighted by Gasteiger charge is -2.33. The minimum Gasteiger partial charge on any atom is -0.444 e. The Balaban J connectivity index is 1.27. The number of hydrogen-bond acceptors (Lipinski definition) is 9. The molecular formula is C26H35ClN8O2. The topological polar surface area (TPSA) is 98.8 Å². The van der Waals surface area contributed by atoms with Crippen LogP contribution in [-0.2, 0) is 11.2 Å². The first-order chi connectivity index (χ1) is 17.6. The predicted octanol–water partition coefficient (Wildman–Crippen LogP) is 3.92. The molecule has 3 aliphatic rings. The molecule has 2 aromatic heterocycles. The summed E-state index contributed by atoms with van der Waals surface area (Å²) in [6.07, 6.45) is 4.98. The fourth-order valence-electron chi connectivity index (χ4n) is 4.86. The molecule has 0 aromatic carbocycles. The molecule has 0 radical (unpaired) electrons. The van der Waals surface area contributed by atoms with E-state index in [4.69, 9.17) is 16.3 Å². The molecule has 1 unspecified atom stereocenters. The summed E-state index contributed by atoms with van der Waals surface area (Å²) in [5, 5.41) is 7.45. The largest absolute Gasteiger partial charge is 0.444 e. The number of anilines is 4. The number of nitrogens with zero attached hydrogens (tertiary/aromatic N) is 6. The number of piperazine rings is 1. The smallest absolute Gasteiger partial charge is 0.410 e. The van der Waals surface area contributed by atoms with Crippen molar-refractivity contribution < 1.29 is 9.53 Å². The third kappa shape index (κ3) is 6.07. The van der Waals surface area contributed by atoms with Gasteiger partial charge < -0.3 is 30.1 Å². The van der Waals surface area contributed by atoms with Crippen LogP contribution in [0.3, 0.4) is 0 Å². The predicted molar refractivity (Wildman–Crippen MR) is 146 cm³/mol. The summed E-state index contributed by atoms with van der Waals surface area (Å²) in [5.74, 6) is 2.46. The molecular weight excluding hydrogens is 492 g/mol. The third-order valence-corrected chi connectivity index (χ3v) is 7.07. The Bertz CT molecular complexity index is 1190. The number of aromatic nitrogens is 3. The van der Waals surface area contributed by atoms with Gasteiger partial charge >= 0.3 is 6.09 Å². The molecule has 0 saturated carbocycles. The molecule has 1 fully saturated rings. The molecule has 1 amide bonds. The first-order valence-electron chi connectivity index (χ1n) is 12.8. The highest BCUT2D eigenvalue weighted by Crippen LogP contribution is 2.35. The Kier molecular flexibility index (Phi) is 7.13. The maximum absolute atomic E-state index is 12.4. The summed E-state index contributed by atoms with van der Waals surface area (Å²) in [6.45, 7) is 10.7. The van der Waals surface area contributed by atoms with Gasteiger partial charge in [-0.2, -0.15) is 0 Å². The number of rotatable bonds is 4. The second-order valence-electron chi connectivity index (χ2n) is 10.9. The summed E-state index contributed by atoms with van der Waals surface area (Å²) < 4.78 is 5.52. The van der Waals surface area contributed by atoms with E-state index in [1.165, 1.54) is 5.57 Å². The van der Waals surface area contributed by atoms with Crippen molar-refractivity contribution in [2.24, 2.45) is 0 Å². The minimum atomic E-state index is -0.498. The summed E-state index contributed by atoms with van der Waals surface area (Å²) in [4.78, 5) is 32.3. The van der Waals surface area contributed by atoms with Gasteiger partial charge in [0.2, 0.25) is 0 Å². The lowest BCUT2D eigenvalue weighted by atomic mass is 9.97. The second-order valence-corrected chi connectivity index (χ2v) is 11.2.